The van der Waals surface area contributed by atoms with Crippen LogP contribution in [-0.4, -0.2) is 11.7 Å². The normalized spacial score (nSPS) is 11.8. The third-order valence-electron chi connectivity index (χ3n) is 1.58. The van der Waals surface area contributed by atoms with E-state index in [2.05, 4.69) is 0 Å². The molecule has 0 aromatic heterocycles. The van der Waals surface area contributed by atoms with Gasteiger partial charge in [0, 0.05) is 12.6 Å². The monoisotopic (exact) mass is 188 g/mol. The van der Waals surface area contributed by atoms with E-state index < -0.39 is 0 Å². The molecule has 0 heterocycles. The van der Waals surface area contributed by atoms with Crippen LogP contribution in [0.15, 0.2) is 24.3 Å². The summed E-state index contributed by atoms with van der Waals surface area (Å²) in [5.41, 5.74) is 11.9. The number of hydrogen-bond donors (Lipinski definition) is 3. The van der Waals surface area contributed by atoms with Crippen LogP contribution in [0.25, 0.3) is 0 Å². The first-order valence-corrected chi connectivity index (χ1v) is 3.48. The summed E-state index contributed by atoms with van der Waals surface area (Å²) >= 11 is 0. The molecule has 0 saturated carbocycles. The first kappa shape index (κ1) is 11.2. The van der Waals surface area contributed by atoms with Gasteiger partial charge in [0.2, 0.25) is 0 Å². The standard InChI is InChI=1S/C8H12N2O.ClH/c9-5-8(10)6-1-3-7(11)4-2-6;/h1-4,8,11H,5,9-10H2;1H. The maximum atomic E-state index is 8.94. The largest absolute Gasteiger partial charge is 0.508 e. The molecule has 1 unspecified atom stereocenters. The van der Waals surface area contributed by atoms with Crippen LogP contribution >= 0.6 is 12.4 Å². The maximum Gasteiger partial charge on any atom is 0.115 e. The Morgan fingerprint density at radius 2 is 1.75 bits per heavy atom. The Hall–Kier alpha value is -0.770. The molecule has 1 aromatic carbocycles. The van der Waals surface area contributed by atoms with Crippen LogP contribution in [0.2, 0.25) is 0 Å². The van der Waals surface area contributed by atoms with E-state index in [0.717, 1.165) is 5.56 Å². The molecule has 0 aliphatic carbocycles. The Bertz CT molecular complexity index is 225. The first-order chi connectivity index (χ1) is 5.24. The number of rotatable bonds is 2. The Morgan fingerprint density at radius 3 is 2.17 bits per heavy atom. The van der Waals surface area contributed by atoms with Crippen molar-refractivity contribution in [3.05, 3.63) is 29.8 Å². The smallest absolute Gasteiger partial charge is 0.115 e. The van der Waals surface area contributed by atoms with Crippen LogP contribution in [0.1, 0.15) is 11.6 Å². The molecule has 68 valence electrons. The van der Waals surface area contributed by atoms with Gasteiger partial charge in [0.25, 0.3) is 0 Å². The summed E-state index contributed by atoms with van der Waals surface area (Å²) in [6.07, 6.45) is 0. The van der Waals surface area contributed by atoms with E-state index in [1.807, 2.05) is 0 Å². The van der Waals surface area contributed by atoms with Gasteiger partial charge in [-0.25, -0.2) is 0 Å². The van der Waals surface area contributed by atoms with Gasteiger partial charge < -0.3 is 16.6 Å². The highest BCUT2D eigenvalue weighted by atomic mass is 35.5. The SMILES string of the molecule is Cl.NCC(N)c1ccc(O)cc1. The van der Waals surface area contributed by atoms with Gasteiger partial charge in [0.15, 0.2) is 0 Å². The molecule has 1 rings (SSSR count). The summed E-state index contributed by atoms with van der Waals surface area (Å²) in [5, 5.41) is 8.94. The van der Waals surface area contributed by atoms with E-state index in [1.54, 1.807) is 24.3 Å². The number of hydrogen-bond acceptors (Lipinski definition) is 3. The minimum atomic E-state index is -0.129. The predicted molar refractivity (Wildman–Crippen MR) is 51.3 cm³/mol. The van der Waals surface area contributed by atoms with Gasteiger partial charge in [-0.15, -0.1) is 12.4 Å². The van der Waals surface area contributed by atoms with E-state index in [0.29, 0.717) is 6.54 Å². The van der Waals surface area contributed by atoms with Crippen LogP contribution in [0.4, 0.5) is 0 Å². The van der Waals surface area contributed by atoms with E-state index in [1.165, 1.54) is 0 Å². The first-order valence-electron chi connectivity index (χ1n) is 3.48. The molecule has 5 N–H and O–H groups in total. The van der Waals surface area contributed by atoms with Gasteiger partial charge in [0.1, 0.15) is 5.75 Å². The molecule has 0 fully saturated rings. The van der Waals surface area contributed by atoms with Crippen LogP contribution in [0.5, 0.6) is 5.75 Å². The third kappa shape index (κ3) is 2.70. The van der Waals surface area contributed by atoms with E-state index >= 15 is 0 Å². The molecule has 0 saturated heterocycles. The summed E-state index contributed by atoms with van der Waals surface area (Å²) in [6, 6.07) is 6.62. The molecular formula is C8H13ClN2O. The minimum absolute atomic E-state index is 0. The number of phenols is 1. The van der Waals surface area contributed by atoms with Crippen molar-refractivity contribution in [2.24, 2.45) is 11.5 Å². The second-order valence-corrected chi connectivity index (χ2v) is 2.43. The van der Waals surface area contributed by atoms with Gasteiger partial charge >= 0.3 is 0 Å². The number of phenolic OH excluding ortho intramolecular Hbond substituents is 1. The molecule has 0 bridgehead atoms. The van der Waals surface area contributed by atoms with Gasteiger partial charge in [-0.2, -0.15) is 0 Å². The Labute approximate surface area is 77.8 Å². The molecule has 3 nitrogen and oxygen atoms in total. The topological polar surface area (TPSA) is 72.3 Å². The lowest BCUT2D eigenvalue weighted by molar-refractivity contribution is 0.475. The molecule has 12 heavy (non-hydrogen) atoms. The van der Waals surface area contributed by atoms with Gasteiger partial charge in [-0.1, -0.05) is 12.1 Å². The number of nitrogens with two attached hydrogens (primary N) is 2. The second kappa shape index (κ2) is 4.98. The minimum Gasteiger partial charge on any atom is -0.508 e. The van der Waals surface area contributed by atoms with E-state index in [4.69, 9.17) is 16.6 Å². The zero-order chi connectivity index (χ0) is 8.27. The second-order valence-electron chi connectivity index (χ2n) is 2.43. The molecule has 1 aromatic rings. The van der Waals surface area contributed by atoms with Crippen molar-refractivity contribution in [2.75, 3.05) is 6.54 Å². The number of benzene rings is 1. The van der Waals surface area contributed by atoms with Crippen molar-refractivity contribution in [2.45, 2.75) is 6.04 Å². The van der Waals surface area contributed by atoms with Gasteiger partial charge in [-0.3, -0.25) is 0 Å². The van der Waals surface area contributed by atoms with Crippen molar-refractivity contribution < 1.29 is 5.11 Å². The highest BCUT2D eigenvalue weighted by Crippen LogP contribution is 2.13. The van der Waals surface area contributed by atoms with Crippen LogP contribution in [0.3, 0.4) is 0 Å². The molecule has 0 radical (unpaired) electrons. The molecule has 0 aliphatic rings. The van der Waals surface area contributed by atoms with Crippen molar-refractivity contribution >= 4 is 12.4 Å². The Balaban J connectivity index is 0.00000121. The Kier molecular flexibility index (Phi) is 4.66. The highest BCUT2D eigenvalue weighted by Gasteiger charge is 2.01. The molecule has 0 aliphatic heterocycles. The maximum absolute atomic E-state index is 8.94. The molecule has 1 atom stereocenters. The predicted octanol–water partition coefficient (Wildman–Crippen LogP) is 0.772. The average Bonchev–Trinajstić information content (AvgIpc) is 2.05. The van der Waals surface area contributed by atoms with E-state index in [9.17, 15) is 0 Å². The van der Waals surface area contributed by atoms with Gasteiger partial charge in [-0.05, 0) is 17.7 Å². The fraction of sp³-hybridized carbons (Fsp3) is 0.250. The summed E-state index contributed by atoms with van der Waals surface area (Å²) < 4.78 is 0. The zero-order valence-electron chi connectivity index (χ0n) is 6.60. The third-order valence-corrected chi connectivity index (χ3v) is 1.58. The fourth-order valence-corrected chi connectivity index (χ4v) is 0.858. The number of halogens is 1. The van der Waals surface area contributed by atoms with Crippen molar-refractivity contribution in [1.82, 2.24) is 0 Å². The molecule has 4 heteroatoms. The van der Waals surface area contributed by atoms with Crippen molar-refractivity contribution in [3.63, 3.8) is 0 Å². The summed E-state index contributed by atoms with van der Waals surface area (Å²) in [7, 11) is 0. The fourth-order valence-electron chi connectivity index (χ4n) is 0.858. The lowest BCUT2D eigenvalue weighted by atomic mass is 10.1. The summed E-state index contributed by atoms with van der Waals surface area (Å²) in [4.78, 5) is 0. The summed E-state index contributed by atoms with van der Waals surface area (Å²) in [5.74, 6) is 0.248. The molecular weight excluding hydrogens is 176 g/mol. The highest BCUT2D eigenvalue weighted by molar-refractivity contribution is 5.85. The quantitative estimate of drug-likeness (QED) is 0.642. The number of aromatic hydroxyl groups is 1. The van der Waals surface area contributed by atoms with Crippen molar-refractivity contribution in [1.29, 1.82) is 0 Å². The Morgan fingerprint density at radius 1 is 1.25 bits per heavy atom. The van der Waals surface area contributed by atoms with Crippen LogP contribution < -0.4 is 11.5 Å². The molecule has 0 amide bonds. The molecule has 0 spiro atoms. The summed E-state index contributed by atoms with van der Waals surface area (Å²) in [6.45, 7) is 0.421. The van der Waals surface area contributed by atoms with Crippen LogP contribution in [-0.2, 0) is 0 Å². The lowest BCUT2D eigenvalue weighted by Gasteiger charge is -2.07. The van der Waals surface area contributed by atoms with Gasteiger partial charge in [0.05, 0.1) is 0 Å². The van der Waals surface area contributed by atoms with E-state index in [-0.39, 0.29) is 24.2 Å². The van der Waals surface area contributed by atoms with Crippen molar-refractivity contribution in [3.8, 4) is 5.75 Å². The zero-order valence-corrected chi connectivity index (χ0v) is 7.42. The average molecular weight is 189 g/mol. The van der Waals surface area contributed by atoms with Crippen LogP contribution in [0, 0.1) is 0 Å². The lowest BCUT2D eigenvalue weighted by Crippen LogP contribution is -2.20.